The molecule has 43 heavy (non-hydrogen) atoms. The van der Waals surface area contributed by atoms with Gasteiger partial charge in [-0.2, -0.15) is 0 Å². The maximum atomic E-state index is 14.2. The predicted molar refractivity (Wildman–Crippen MR) is 169 cm³/mol. The fraction of sp³-hybridized carbons (Fsp3) is 0.355. The summed E-state index contributed by atoms with van der Waals surface area (Å²) in [5, 5.41) is 12.9. The summed E-state index contributed by atoms with van der Waals surface area (Å²) in [6.45, 7) is 1.87. The lowest BCUT2D eigenvalue weighted by Gasteiger charge is -2.31. The summed E-state index contributed by atoms with van der Waals surface area (Å²) in [4.78, 5) is 24.3. The average molecular weight is 651 g/mol. The number of halogens is 1. The standard InChI is InChI=1S/C31H36BrN7O4/c1-39(2)18-5-17-34-37-30(41)31(21-24-7-3-4-8-27(24)36-38-33)28(22-9-13-25(32)14-10-22)43-29(35-31)23-11-15-26(16-12-23)42-20-6-19-40/h3-4,7-16,28,34,40H,5-6,17-21H2,1-2H3,(H,37,41)/t28-,31-/m0/s1. The minimum atomic E-state index is -1.45. The number of aliphatic imine (C=N–C) groups is 1. The Morgan fingerprint density at radius 2 is 1.88 bits per heavy atom. The first-order valence-electron chi connectivity index (χ1n) is 14.0. The number of hydrogen-bond acceptors (Lipinski definition) is 8. The zero-order valence-corrected chi connectivity index (χ0v) is 25.8. The van der Waals surface area contributed by atoms with E-state index in [0.717, 1.165) is 23.0 Å². The van der Waals surface area contributed by atoms with Crippen molar-refractivity contribution in [3.63, 3.8) is 0 Å². The number of nitrogens with one attached hydrogen (secondary N) is 2. The SMILES string of the molecule is CN(C)CCCNNC(=O)[C@@]1(Cc2ccccc2N=[N+]=[N-])N=C(c2ccc(OCCCO)cc2)O[C@H]1c1ccc(Br)cc1. The first-order chi connectivity index (χ1) is 20.9. The molecular formula is C31H36BrN7O4. The molecule has 1 amide bonds. The van der Waals surface area contributed by atoms with Crippen molar-refractivity contribution in [1.29, 1.82) is 0 Å². The Kier molecular flexibility index (Phi) is 11.5. The fourth-order valence-electron chi connectivity index (χ4n) is 4.75. The largest absolute Gasteiger partial charge is 0.494 e. The zero-order valence-electron chi connectivity index (χ0n) is 24.2. The number of benzene rings is 3. The summed E-state index contributed by atoms with van der Waals surface area (Å²) >= 11 is 3.49. The molecule has 3 N–H and O–H groups in total. The highest BCUT2D eigenvalue weighted by atomic mass is 79.9. The molecule has 3 aromatic rings. The van der Waals surface area contributed by atoms with E-state index in [2.05, 4.69) is 41.7 Å². The van der Waals surface area contributed by atoms with E-state index in [0.29, 0.717) is 48.0 Å². The Bertz CT molecular complexity index is 1440. The molecule has 0 saturated carbocycles. The van der Waals surface area contributed by atoms with Crippen LogP contribution in [0.2, 0.25) is 0 Å². The number of aliphatic hydroxyl groups excluding tert-OH is 1. The number of aliphatic hydroxyl groups is 1. The number of rotatable bonds is 15. The van der Waals surface area contributed by atoms with Gasteiger partial charge >= 0.3 is 0 Å². The van der Waals surface area contributed by atoms with Crippen LogP contribution in [-0.4, -0.2) is 67.7 Å². The van der Waals surface area contributed by atoms with Crippen LogP contribution in [0.5, 0.6) is 5.75 Å². The Hall–Kier alpha value is -3.93. The van der Waals surface area contributed by atoms with Crippen LogP contribution in [0, 0.1) is 0 Å². The number of nitrogens with zero attached hydrogens (tertiary/aromatic N) is 5. The normalized spacial score (nSPS) is 17.6. The highest BCUT2D eigenvalue weighted by Gasteiger charge is 2.53. The fourth-order valence-corrected chi connectivity index (χ4v) is 5.02. The second kappa shape index (κ2) is 15.5. The van der Waals surface area contributed by atoms with Gasteiger partial charge in [0.1, 0.15) is 5.75 Å². The van der Waals surface area contributed by atoms with Crippen molar-refractivity contribution < 1.29 is 19.4 Å². The number of hydrazine groups is 1. The van der Waals surface area contributed by atoms with Crippen molar-refractivity contribution in [1.82, 2.24) is 15.8 Å². The van der Waals surface area contributed by atoms with Crippen molar-refractivity contribution in [2.75, 3.05) is 40.4 Å². The maximum Gasteiger partial charge on any atom is 0.266 e. The van der Waals surface area contributed by atoms with Crippen LogP contribution >= 0.6 is 15.9 Å². The lowest BCUT2D eigenvalue weighted by molar-refractivity contribution is -0.130. The van der Waals surface area contributed by atoms with Crippen LogP contribution in [0.4, 0.5) is 5.69 Å². The molecule has 4 rings (SSSR count). The van der Waals surface area contributed by atoms with Crippen LogP contribution in [0.3, 0.4) is 0 Å². The first-order valence-corrected chi connectivity index (χ1v) is 14.8. The van der Waals surface area contributed by atoms with E-state index in [1.54, 1.807) is 24.3 Å². The number of carbonyl (C=O) groups is 1. The molecule has 1 aliphatic heterocycles. The predicted octanol–water partition coefficient (Wildman–Crippen LogP) is 5.22. The van der Waals surface area contributed by atoms with Crippen LogP contribution in [0.1, 0.15) is 35.6 Å². The molecule has 1 heterocycles. The van der Waals surface area contributed by atoms with E-state index in [9.17, 15) is 10.3 Å². The van der Waals surface area contributed by atoms with Crippen molar-refractivity contribution in [2.45, 2.75) is 30.9 Å². The van der Waals surface area contributed by atoms with E-state index in [1.165, 1.54) is 0 Å². The van der Waals surface area contributed by atoms with Gasteiger partial charge in [0.15, 0.2) is 11.6 Å². The van der Waals surface area contributed by atoms with Gasteiger partial charge in [0, 0.05) is 46.6 Å². The van der Waals surface area contributed by atoms with Crippen molar-refractivity contribution >= 4 is 33.4 Å². The van der Waals surface area contributed by atoms with Gasteiger partial charge in [-0.3, -0.25) is 10.2 Å². The van der Waals surface area contributed by atoms with E-state index in [-0.39, 0.29) is 18.9 Å². The van der Waals surface area contributed by atoms with Crippen molar-refractivity contribution in [2.24, 2.45) is 10.1 Å². The second-order valence-electron chi connectivity index (χ2n) is 10.4. The number of ether oxygens (including phenoxy) is 2. The van der Waals surface area contributed by atoms with E-state index in [1.807, 2.05) is 62.6 Å². The summed E-state index contributed by atoms with van der Waals surface area (Å²) < 4.78 is 13.1. The minimum Gasteiger partial charge on any atom is -0.494 e. The molecule has 0 unspecified atom stereocenters. The van der Waals surface area contributed by atoms with Crippen molar-refractivity contribution in [3.05, 3.63) is 104 Å². The Morgan fingerprint density at radius 1 is 1.14 bits per heavy atom. The summed E-state index contributed by atoms with van der Waals surface area (Å²) in [7, 11) is 3.99. The van der Waals surface area contributed by atoms with Gasteiger partial charge in [0.05, 0.1) is 6.61 Å². The van der Waals surface area contributed by atoms with E-state index >= 15 is 0 Å². The molecule has 0 fully saturated rings. The monoisotopic (exact) mass is 649 g/mol. The molecule has 0 radical (unpaired) electrons. The number of hydrogen-bond donors (Lipinski definition) is 3. The molecule has 2 atom stereocenters. The number of amides is 1. The quantitative estimate of drug-likeness (QED) is 0.0676. The van der Waals surface area contributed by atoms with Gasteiger partial charge < -0.3 is 19.5 Å². The van der Waals surface area contributed by atoms with Gasteiger partial charge in [-0.1, -0.05) is 57.4 Å². The third-order valence-electron chi connectivity index (χ3n) is 6.92. The van der Waals surface area contributed by atoms with Gasteiger partial charge in [0.2, 0.25) is 5.90 Å². The minimum absolute atomic E-state index is 0.0532. The van der Waals surface area contributed by atoms with E-state index < -0.39 is 11.6 Å². The molecule has 0 saturated heterocycles. The number of carbonyl (C=O) groups excluding carboxylic acids is 1. The second-order valence-corrected chi connectivity index (χ2v) is 11.3. The van der Waals surface area contributed by atoms with Crippen LogP contribution in [0.25, 0.3) is 10.4 Å². The topological polar surface area (TPSA) is 144 Å². The Balaban J connectivity index is 1.76. The highest BCUT2D eigenvalue weighted by Crippen LogP contribution is 2.43. The Labute approximate surface area is 259 Å². The molecule has 1 aliphatic rings. The lowest BCUT2D eigenvalue weighted by atomic mass is 9.81. The molecule has 12 heteroatoms. The third kappa shape index (κ3) is 8.34. The molecule has 3 aromatic carbocycles. The molecule has 0 spiro atoms. The summed E-state index contributed by atoms with van der Waals surface area (Å²) in [5.74, 6) is 0.577. The Morgan fingerprint density at radius 3 is 2.58 bits per heavy atom. The van der Waals surface area contributed by atoms with Gasteiger partial charge in [-0.25, -0.2) is 10.4 Å². The maximum absolute atomic E-state index is 14.2. The molecule has 226 valence electrons. The van der Waals surface area contributed by atoms with Gasteiger partial charge in [-0.15, -0.1) is 0 Å². The summed E-state index contributed by atoms with van der Waals surface area (Å²) in [6.07, 6.45) is 0.678. The van der Waals surface area contributed by atoms with E-state index in [4.69, 9.17) is 19.6 Å². The smallest absolute Gasteiger partial charge is 0.266 e. The van der Waals surface area contributed by atoms with Gasteiger partial charge in [0.25, 0.3) is 5.91 Å². The molecular weight excluding hydrogens is 614 g/mol. The van der Waals surface area contributed by atoms with Crippen LogP contribution in [-0.2, 0) is 16.0 Å². The van der Waals surface area contributed by atoms with Crippen LogP contribution in [0.15, 0.2) is 87.4 Å². The molecule has 0 aliphatic carbocycles. The summed E-state index contributed by atoms with van der Waals surface area (Å²) in [5.41, 5.74) is 16.2. The first kappa shape index (κ1) is 32.0. The third-order valence-corrected chi connectivity index (χ3v) is 7.44. The van der Waals surface area contributed by atoms with Gasteiger partial charge in [-0.05, 0) is 80.1 Å². The molecule has 11 nitrogen and oxygen atoms in total. The molecule has 0 aromatic heterocycles. The van der Waals surface area contributed by atoms with Crippen LogP contribution < -0.4 is 15.6 Å². The summed E-state index contributed by atoms with van der Waals surface area (Å²) in [6, 6.07) is 22.0. The highest BCUT2D eigenvalue weighted by molar-refractivity contribution is 9.10. The number of azide groups is 1. The average Bonchev–Trinajstić information content (AvgIpc) is 3.39. The van der Waals surface area contributed by atoms with Crippen molar-refractivity contribution in [3.8, 4) is 5.75 Å². The zero-order chi connectivity index (χ0) is 30.7. The lowest BCUT2D eigenvalue weighted by Crippen LogP contribution is -2.54. The molecule has 0 bridgehead atoms.